The van der Waals surface area contributed by atoms with Gasteiger partial charge in [0.1, 0.15) is 5.82 Å². The van der Waals surface area contributed by atoms with Crippen LogP contribution < -0.4 is 11.1 Å². The molecule has 0 aliphatic heterocycles. The van der Waals surface area contributed by atoms with E-state index in [1.54, 1.807) is 12.1 Å². The van der Waals surface area contributed by atoms with Crippen LogP contribution in [0.25, 0.3) is 0 Å². The predicted octanol–water partition coefficient (Wildman–Crippen LogP) is 3.19. The molecular weight excluding hydrogens is 279 g/mol. The van der Waals surface area contributed by atoms with E-state index in [0.717, 1.165) is 5.56 Å². The average Bonchev–Trinajstić information content (AvgIpc) is 2.33. The van der Waals surface area contributed by atoms with Gasteiger partial charge in [0, 0.05) is 6.42 Å². The molecule has 0 aliphatic rings. The maximum atomic E-state index is 13.0. The zero-order valence-corrected chi connectivity index (χ0v) is 13.1. The number of hydrogen-bond donors (Lipinski definition) is 2. The van der Waals surface area contributed by atoms with E-state index in [0.29, 0.717) is 19.4 Å². The summed E-state index contributed by atoms with van der Waals surface area (Å²) in [5.41, 5.74) is 6.17. The van der Waals surface area contributed by atoms with Gasteiger partial charge >= 0.3 is 0 Å². The fraction of sp³-hybridized carbons (Fsp3) is 0.533. The van der Waals surface area contributed by atoms with Crippen molar-refractivity contribution < 1.29 is 9.18 Å². The molecule has 1 amide bonds. The monoisotopic (exact) mass is 302 g/mol. The molecule has 0 spiro atoms. The molecule has 0 radical (unpaired) electrons. The number of halogens is 2. The summed E-state index contributed by atoms with van der Waals surface area (Å²) in [7, 11) is 0. The van der Waals surface area contributed by atoms with Crippen molar-refractivity contribution in [3.05, 3.63) is 35.6 Å². The zero-order valence-electron chi connectivity index (χ0n) is 12.3. The van der Waals surface area contributed by atoms with Crippen molar-refractivity contribution in [1.29, 1.82) is 0 Å². The molecule has 1 rings (SSSR count). The van der Waals surface area contributed by atoms with Crippen LogP contribution in [0, 0.1) is 11.2 Å². The maximum absolute atomic E-state index is 13.0. The van der Waals surface area contributed by atoms with E-state index in [1.165, 1.54) is 12.1 Å². The molecule has 0 saturated heterocycles. The Morgan fingerprint density at radius 3 is 2.30 bits per heavy atom. The third-order valence-corrected chi connectivity index (χ3v) is 2.98. The van der Waals surface area contributed by atoms with Crippen molar-refractivity contribution in [1.82, 2.24) is 5.32 Å². The molecule has 0 heterocycles. The van der Waals surface area contributed by atoms with Gasteiger partial charge in [-0.3, -0.25) is 4.79 Å². The van der Waals surface area contributed by atoms with Crippen molar-refractivity contribution >= 4 is 18.3 Å². The number of benzene rings is 1. The molecule has 1 unspecified atom stereocenters. The second kappa shape index (κ2) is 8.22. The van der Waals surface area contributed by atoms with Crippen LogP contribution in [-0.4, -0.2) is 12.5 Å². The van der Waals surface area contributed by atoms with E-state index in [1.807, 2.05) is 20.8 Å². The minimum Gasteiger partial charge on any atom is -0.349 e. The molecule has 0 aromatic heterocycles. The fourth-order valence-corrected chi connectivity index (χ4v) is 1.95. The quantitative estimate of drug-likeness (QED) is 0.877. The van der Waals surface area contributed by atoms with Crippen LogP contribution in [0.4, 0.5) is 4.39 Å². The molecule has 0 saturated carbocycles. The molecule has 1 aromatic carbocycles. The van der Waals surface area contributed by atoms with Gasteiger partial charge in [0.05, 0.1) is 6.04 Å². The van der Waals surface area contributed by atoms with Crippen molar-refractivity contribution in [3.8, 4) is 0 Å². The SMILES string of the molecule is CC(C)(C)C(NC(=O)CCCN)c1ccc(F)cc1.Cl. The molecule has 1 atom stereocenters. The molecule has 0 bridgehead atoms. The molecule has 3 nitrogen and oxygen atoms in total. The molecular formula is C15H24ClFN2O. The van der Waals surface area contributed by atoms with E-state index in [2.05, 4.69) is 5.32 Å². The summed E-state index contributed by atoms with van der Waals surface area (Å²) in [6.07, 6.45) is 1.09. The van der Waals surface area contributed by atoms with E-state index in [9.17, 15) is 9.18 Å². The Bertz CT molecular complexity index is 415. The van der Waals surface area contributed by atoms with Crippen molar-refractivity contribution in [2.75, 3.05) is 6.54 Å². The number of amides is 1. The molecule has 3 N–H and O–H groups in total. The van der Waals surface area contributed by atoms with Gasteiger partial charge < -0.3 is 11.1 Å². The van der Waals surface area contributed by atoms with Crippen LogP contribution in [0.15, 0.2) is 24.3 Å². The summed E-state index contributed by atoms with van der Waals surface area (Å²) in [4.78, 5) is 11.9. The predicted molar refractivity (Wildman–Crippen MR) is 82.3 cm³/mol. The highest BCUT2D eigenvalue weighted by atomic mass is 35.5. The van der Waals surface area contributed by atoms with Gasteiger partial charge in [-0.1, -0.05) is 32.9 Å². The van der Waals surface area contributed by atoms with Crippen LogP contribution in [0.3, 0.4) is 0 Å². The number of hydrogen-bond acceptors (Lipinski definition) is 2. The van der Waals surface area contributed by atoms with Crippen LogP contribution in [0.1, 0.15) is 45.2 Å². The van der Waals surface area contributed by atoms with Gasteiger partial charge in [-0.25, -0.2) is 4.39 Å². The normalized spacial score (nSPS) is 12.4. The number of carbonyl (C=O) groups excluding carboxylic acids is 1. The summed E-state index contributed by atoms with van der Waals surface area (Å²) in [5.74, 6) is -0.291. The van der Waals surface area contributed by atoms with Crippen LogP contribution in [0.2, 0.25) is 0 Å². The topological polar surface area (TPSA) is 55.1 Å². The Balaban J connectivity index is 0.00000361. The van der Waals surface area contributed by atoms with Crippen LogP contribution in [0.5, 0.6) is 0 Å². The number of nitrogens with one attached hydrogen (secondary N) is 1. The third kappa shape index (κ3) is 5.88. The first-order valence-electron chi connectivity index (χ1n) is 6.59. The molecule has 114 valence electrons. The van der Waals surface area contributed by atoms with Gasteiger partial charge in [-0.15, -0.1) is 12.4 Å². The van der Waals surface area contributed by atoms with Gasteiger partial charge in [0.15, 0.2) is 0 Å². The van der Waals surface area contributed by atoms with Crippen molar-refractivity contribution in [3.63, 3.8) is 0 Å². The lowest BCUT2D eigenvalue weighted by atomic mass is 9.82. The lowest BCUT2D eigenvalue weighted by molar-refractivity contribution is -0.122. The molecule has 5 heteroatoms. The number of nitrogens with two attached hydrogens (primary N) is 1. The first kappa shape index (κ1) is 18.9. The highest BCUT2D eigenvalue weighted by Crippen LogP contribution is 2.32. The lowest BCUT2D eigenvalue weighted by Crippen LogP contribution is -2.36. The molecule has 0 aliphatic carbocycles. The average molecular weight is 303 g/mol. The Labute approximate surface area is 126 Å². The summed E-state index contributed by atoms with van der Waals surface area (Å²) in [5, 5.41) is 3.01. The van der Waals surface area contributed by atoms with Crippen molar-refractivity contribution in [2.24, 2.45) is 11.1 Å². The Morgan fingerprint density at radius 2 is 1.85 bits per heavy atom. The Hall–Kier alpha value is -1.13. The van der Waals surface area contributed by atoms with Crippen molar-refractivity contribution in [2.45, 2.75) is 39.7 Å². The summed E-state index contributed by atoms with van der Waals surface area (Å²) in [6, 6.07) is 6.13. The third-order valence-electron chi connectivity index (χ3n) is 2.98. The van der Waals surface area contributed by atoms with Gasteiger partial charge in [-0.2, -0.15) is 0 Å². The van der Waals surface area contributed by atoms with Gasteiger partial charge in [0.25, 0.3) is 0 Å². The zero-order chi connectivity index (χ0) is 14.5. The summed E-state index contributed by atoms with van der Waals surface area (Å²) < 4.78 is 13.0. The highest BCUT2D eigenvalue weighted by molar-refractivity contribution is 5.85. The Kier molecular flexibility index (Phi) is 7.76. The minimum absolute atomic E-state index is 0. The highest BCUT2D eigenvalue weighted by Gasteiger charge is 2.27. The Morgan fingerprint density at radius 1 is 1.30 bits per heavy atom. The van der Waals surface area contributed by atoms with Gasteiger partial charge in [-0.05, 0) is 36.1 Å². The summed E-state index contributed by atoms with van der Waals surface area (Å²) >= 11 is 0. The number of rotatable bonds is 5. The first-order chi connectivity index (χ1) is 8.84. The maximum Gasteiger partial charge on any atom is 0.220 e. The summed E-state index contributed by atoms with van der Waals surface area (Å²) in [6.45, 7) is 6.64. The second-order valence-corrected chi connectivity index (χ2v) is 5.81. The largest absolute Gasteiger partial charge is 0.349 e. The van der Waals surface area contributed by atoms with Crippen LogP contribution >= 0.6 is 12.4 Å². The van der Waals surface area contributed by atoms with E-state index in [4.69, 9.17) is 5.73 Å². The van der Waals surface area contributed by atoms with Crippen LogP contribution in [-0.2, 0) is 4.79 Å². The van der Waals surface area contributed by atoms with E-state index >= 15 is 0 Å². The van der Waals surface area contributed by atoms with E-state index in [-0.39, 0.29) is 35.6 Å². The first-order valence-corrected chi connectivity index (χ1v) is 6.59. The number of carbonyl (C=O) groups is 1. The molecule has 20 heavy (non-hydrogen) atoms. The minimum atomic E-state index is -0.272. The fourth-order valence-electron chi connectivity index (χ4n) is 1.95. The van der Waals surface area contributed by atoms with Gasteiger partial charge in [0.2, 0.25) is 5.91 Å². The lowest BCUT2D eigenvalue weighted by Gasteiger charge is -2.32. The molecule has 1 aromatic rings. The second-order valence-electron chi connectivity index (χ2n) is 5.81. The standard InChI is InChI=1S/C15H23FN2O.ClH/c1-15(2,3)14(18-13(19)5-4-10-17)11-6-8-12(16)9-7-11;/h6-9,14H,4-5,10,17H2,1-3H3,(H,18,19);1H. The van der Waals surface area contributed by atoms with E-state index < -0.39 is 0 Å². The smallest absolute Gasteiger partial charge is 0.220 e. The molecule has 0 fully saturated rings.